The number of hydrogen-bond donors (Lipinski definition) is 1. The Labute approximate surface area is 177 Å². The number of anilines is 1. The lowest BCUT2D eigenvalue weighted by atomic mass is 9.76. The maximum absolute atomic E-state index is 13.3. The van der Waals surface area contributed by atoms with Crippen LogP contribution in [0.2, 0.25) is 0 Å². The summed E-state index contributed by atoms with van der Waals surface area (Å²) in [7, 11) is 1.74. The van der Waals surface area contributed by atoms with Gasteiger partial charge in [0.15, 0.2) is 0 Å². The van der Waals surface area contributed by atoms with Crippen LogP contribution in [0.15, 0.2) is 52.6 Å². The molecule has 1 N–H and O–H groups in total. The maximum Gasteiger partial charge on any atom is 0.238 e. The zero-order valence-corrected chi connectivity index (χ0v) is 18.3. The molecule has 0 bridgehead atoms. The van der Waals surface area contributed by atoms with Gasteiger partial charge in [-0.1, -0.05) is 18.7 Å². The molecular weight excluding hydrogens is 438 g/mol. The highest BCUT2D eigenvalue weighted by Gasteiger charge is 2.48. The predicted molar refractivity (Wildman–Crippen MR) is 115 cm³/mol. The third-order valence-electron chi connectivity index (χ3n) is 5.65. The fraction of sp³-hybridized carbons (Fsp3) is 0.333. The molecule has 146 valence electrons. The van der Waals surface area contributed by atoms with Gasteiger partial charge in [-0.3, -0.25) is 9.59 Å². The number of nitrogens with zero attached hydrogens (tertiary/aromatic N) is 2. The van der Waals surface area contributed by atoms with Crippen molar-refractivity contribution < 1.29 is 9.59 Å². The second-order valence-corrected chi connectivity index (χ2v) is 9.30. The van der Waals surface area contributed by atoms with Crippen LogP contribution in [0.3, 0.4) is 0 Å². The zero-order chi connectivity index (χ0) is 20.1. The van der Waals surface area contributed by atoms with E-state index in [1.165, 1.54) is 0 Å². The predicted octanol–water partition coefficient (Wildman–Crippen LogP) is 4.17. The van der Waals surface area contributed by atoms with Gasteiger partial charge in [-0.05, 0) is 53.0 Å². The number of rotatable bonds is 3. The second kappa shape index (κ2) is 7.04. The van der Waals surface area contributed by atoms with Crippen molar-refractivity contribution in [1.82, 2.24) is 10.2 Å². The van der Waals surface area contributed by atoms with Gasteiger partial charge in [-0.15, -0.1) is 11.3 Å². The normalized spacial score (nSPS) is 25.4. The fourth-order valence-corrected chi connectivity index (χ4v) is 5.64. The van der Waals surface area contributed by atoms with Crippen LogP contribution in [-0.4, -0.2) is 30.3 Å². The van der Waals surface area contributed by atoms with Crippen LogP contribution in [0, 0.1) is 0 Å². The SMILES string of the molecule is C=C1N[C@](C)(c2cc(Br)cs2)C(c2ccc(N3CCCC3=O)cc2)C(=O)N1C. The van der Waals surface area contributed by atoms with E-state index in [0.717, 1.165) is 33.6 Å². The van der Waals surface area contributed by atoms with E-state index in [-0.39, 0.29) is 11.8 Å². The van der Waals surface area contributed by atoms with Gasteiger partial charge >= 0.3 is 0 Å². The Morgan fingerprint density at radius 1 is 1.29 bits per heavy atom. The third-order valence-corrected chi connectivity index (χ3v) is 7.58. The minimum atomic E-state index is -0.609. The smallest absolute Gasteiger partial charge is 0.238 e. The van der Waals surface area contributed by atoms with Gasteiger partial charge in [0.25, 0.3) is 0 Å². The molecule has 0 aliphatic carbocycles. The van der Waals surface area contributed by atoms with E-state index in [4.69, 9.17) is 0 Å². The molecule has 7 heteroatoms. The highest BCUT2D eigenvalue weighted by molar-refractivity contribution is 9.10. The third kappa shape index (κ3) is 3.06. The van der Waals surface area contributed by atoms with E-state index in [1.807, 2.05) is 47.5 Å². The number of halogens is 1. The molecule has 28 heavy (non-hydrogen) atoms. The van der Waals surface area contributed by atoms with Crippen molar-refractivity contribution in [1.29, 1.82) is 0 Å². The molecule has 5 nitrogen and oxygen atoms in total. The molecular formula is C21H22BrN3O2S. The summed E-state index contributed by atoms with van der Waals surface area (Å²) in [6.07, 6.45) is 1.49. The van der Waals surface area contributed by atoms with Crippen LogP contribution in [0.5, 0.6) is 0 Å². The summed E-state index contributed by atoms with van der Waals surface area (Å²) in [5.41, 5.74) is 1.20. The summed E-state index contributed by atoms with van der Waals surface area (Å²) >= 11 is 5.13. The number of likely N-dealkylation sites (N-methyl/N-ethyl adjacent to an activating group) is 1. The van der Waals surface area contributed by atoms with Gasteiger partial charge in [0.05, 0.1) is 11.5 Å². The molecule has 0 spiro atoms. The number of carbonyl (C=O) groups excluding carboxylic acids is 2. The molecule has 1 unspecified atom stereocenters. The maximum atomic E-state index is 13.3. The first kappa shape index (κ1) is 19.2. The molecule has 2 atom stereocenters. The molecule has 2 aliphatic heterocycles. The van der Waals surface area contributed by atoms with E-state index in [0.29, 0.717) is 12.2 Å². The van der Waals surface area contributed by atoms with Crippen molar-refractivity contribution in [3.8, 4) is 0 Å². The molecule has 2 aromatic rings. The van der Waals surface area contributed by atoms with Gasteiger partial charge in [-0.2, -0.15) is 0 Å². The van der Waals surface area contributed by atoms with Crippen LogP contribution in [0.1, 0.15) is 36.1 Å². The molecule has 2 amide bonds. The molecule has 1 aromatic carbocycles. The van der Waals surface area contributed by atoms with Gasteiger partial charge in [0, 0.05) is 40.4 Å². The number of hydrogen-bond acceptors (Lipinski definition) is 4. The van der Waals surface area contributed by atoms with Crippen molar-refractivity contribution >= 4 is 44.8 Å². The Balaban J connectivity index is 1.74. The monoisotopic (exact) mass is 459 g/mol. The summed E-state index contributed by atoms with van der Waals surface area (Å²) in [5.74, 6) is 0.345. The lowest BCUT2D eigenvalue weighted by molar-refractivity contribution is -0.134. The fourth-order valence-electron chi connectivity index (χ4n) is 4.06. The molecule has 4 rings (SSSR count). The van der Waals surface area contributed by atoms with Gasteiger partial charge in [0.2, 0.25) is 11.8 Å². The molecule has 1 aromatic heterocycles. The largest absolute Gasteiger partial charge is 0.361 e. The number of carbonyl (C=O) groups is 2. The molecule has 0 radical (unpaired) electrons. The number of thiophene rings is 1. The summed E-state index contributed by atoms with van der Waals surface area (Å²) in [5, 5.41) is 5.48. The standard InChI is InChI=1S/C21H22BrN3O2S/c1-13-23-21(2,17-11-15(22)12-28-17)19(20(27)24(13)3)14-6-8-16(9-7-14)25-10-4-5-18(25)26/h6-9,11-12,19,23H,1,4-5,10H2,2-3H3/t19?,21-/m1/s1. The average molecular weight is 460 g/mol. The van der Waals surface area contributed by atoms with E-state index < -0.39 is 11.5 Å². The van der Waals surface area contributed by atoms with Gasteiger partial charge in [-0.25, -0.2) is 0 Å². The number of benzene rings is 1. The summed E-state index contributed by atoms with van der Waals surface area (Å²) in [6, 6.07) is 9.87. The van der Waals surface area contributed by atoms with E-state index >= 15 is 0 Å². The van der Waals surface area contributed by atoms with Crippen LogP contribution < -0.4 is 10.2 Å². The van der Waals surface area contributed by atoms with Crippen molar-refractivity contribution in [2.24, 2.45) is 0 Å². The van der Waals surface area contributed by atoms with Crippen LogP contribution >= 0.6 is 27.3 Å². The Kier molecular flexibility index (Phi) is 4.83. The molecule has 2 aliphatic rings. The molecule has 2 fully saturated rings. The van der Waals surface area contributed by atoms with Crippen molar-refractivity contribution in [3.05, 3.63) is 63.0 Å². The van der Waals surface area contributed by atoms with Gasteiger partial charge < -0.3 is 15.1 Å². The molecule has 0 saturated carbocycles. The van der Waals surface area contributed by atoms with Crippen LogP contribution in [-0.2, 0) is 15.1 Å². The van der Waals surface area contributed by atoms with E-state index in [1.54, 1.807) is 23.3 Å². The topological polar surface area (TPSA) is 52.7 Å². The Hall–Kier alpha value is -2.12. The van der Waals surface area contributed by atoms with Crippen LogP contribution in [0.25, 0.3) is 0 Å². The number of amides is 2. The quantitative estimate of drug-likeness (QED) is 0.748. The number of nitrogens with one attached hydrogen (secondary N) is 1. The van der Waals surface area contributed by atoms with Gasteiger partial charge in [0.1, 0.15) is 5.82 Å². The van der Waals surface area contributed by atoms with E-state index in [2.05, 4.69) is 27.8 Å². The van der Waals surface area contributed by atoms with Crippen molar-refractivity contribution in [2.45, 2.75) is 31.2 Å². The second-order valence-electron chi connectivity index (χ2n) is 7.47. The minimum Gasteiger partial charge on any atom is -0.361 e. The first-order chi connectivity index (χ1) is 13.3. The first-order valence-electron chi connectivity index (χ1n) is 9.21. The van der Waals surface area contributed by atoms with Crippen LogP contribution in [0.4, 0.5) is 5.69 Å². The average Bonchev–Trinajstić information content (AvgIpc) is 3.29. The van der Waals surface area contributed by atoms with Crippen molar-refractivity contribution in [3.63, 3.8) is 0 Å². The first-order valence-corrected chi connectivity index (χ1v) is 10.9. The zero-order valence-electron chi connectivity index (χ0n) is 15.9. The summed E-state index contributed by atoms with van der Waals surface area (Å²) < 4.78 is 0.995. The lowest BCUT2D eigenvalue weighted by Gasteiger charge is -2.46. The Bertz CT molecular complexity index is 955. The molecule has 2 saturated heterocycles. The van der Waals surface area contributed by atoms with E-state index in [9.17, 15) is 9.59 Å². The highest BCUT2D eigenvalue weighted by atomic mass is 79.9. The Morgan fingerprint density at radius 3 is 2.57 bits per heavy atom. The Morgan fingerprint density at radius 2 is 2.00 bits per heavy atom. The lowest BCUT2D eigenvalue weighted by Crippen LogP contribution is -2.57. The summed E-state index contributed by atoms with van der Waals surface area (Å²) in [6.45, 7) is 6.82. The molecule has 3 heterocycles. The minimum absolute atomic E-state index is 0.000714. The summed E-state index contributed by atoms with van der Waals surface area (Å²) in [4.78, 5) is 29.8. The highest BCUT2D eigenvalue weighted by Crippen LogP contribution is 2.45. The van der Waals surface area contributed by atoms with Crippen molar-refractivity contribution in [2.75, 3.05) is 18.5 Å².